The second kappa shape index (κ2) is 5.96. The number of alkyl halides is 3. The molecule has 3 heterocycles. The molecule has 1 fully saturated rings. The Morgan fingerprint density at radius 1 is 1.28 bits per heavy atom. The van der Waals surface area contributed by atoms with Gasteiger partial charge in [-0.1, -0.05) is 6.07 Å². The number of ether oxygens (including phenoxy) is 2. The Morgan fingerprint density at radius 2 is 2.07 bits per heavy atom. The molecule has 0 unspecified atom stereocenters. The number of allylic oxidation sites excluding steroid dienone is 1. The lowest BCUT2D eigenvalue weighted by Gasteiger charge is -2.32. The molecule has 3 aliphatic rings. The van der Waals surface area contributed by atoms with Gasteiger partial charge in [0.2, 0.25) is 0 Å². The highest BCUT2D eigenvalue weighted by Gasteiger charge is 2.43. The Morgan fingerprint density at radius 3 is 2.79 bits per heavy atom. The van der Waals surface area contributed by atoms with Crippen molar-refractivity contribution in [1.82, 2.24) is 4.57 Å². The van der Waals surface area contributed by atoms with Crippen molar-refractivity contribution in [3.05, 3.63) is 63.1 Å². The number of carbonyl (C=O) groups is 1. The number of rotatable bonds is 2. The molecular formula is C20H14F3NO5. The molecule has 0 saturated carbocycles. The first-order chi connectivity index (χ1) is 13.7. The fraction of sp³-hybridized carbons (Fsp3) is 0.300. The van der Waals surface area contributed by atoms with Crippen molar-refractivity contribution in [2.24, 2.45) is 0 Å². The number of benzene rings is 1. The summed E-state index contributed by atoms with van der Waals surface area (Å²) < 4.78 is 49.4. The maximum atomic E-state index is 12.6. The van der Waals surface area contributed by atoms with E-state index in [9.17, 15) is 27.9 Å². The van der Waals surface area contributed by atoms with Crippen molar-refractivity contribution in [2.45, 2.75) is 31.3 Å². The Bertz CT molecular complexity index is 1150. The monoisotopic (exact) mass is 405 g/mol. The van der Waals surface area contributed by atoms with Crippen LogP contribution < -0.4 is 10.2 Å². The first-order valence-corrected chi connectivity index (χ1v) is 8.96. The second-order valence-electron chi connectivity index (χ2n) is 7.23. The largest absolute Gasteiger partial charge is 0.573 e. The fourth-order valence-electron chi connectivity index (χ4n) is 4.54. The number of halogens is 3. The minimum Gasteiger partial charge on any atom is -0.477 e. The topological polar surface area (TPSA) is 77.8 Å². The van der Waals surface area contributed by atoms with E-state index in [1.165, 1.54) is 24.4 Å². The van der Waals surface area contributed by atoms with Gasteiger partial charge in [-0.25, -0.2) is 4.79 Å². The van der Waals surface area contributed by atoms with Crippen LogP contribution in [0, 0.1) is 0 Å². The van der Waals surface area contributed by atoms with Crippen molar-refractivity contribution in [2.75, 3.05) is 6.61 Å². The highest BCUT2D eigenvalue weighted by Crippen LogP contribution is 2.50. The highest BCUT2D eigenvalue weighted by atomic mass is 19.4. The predicted molar refractivity (Wildman–Crippen MR) is 94.7 cm³/mol. The van der Waals surface area contributed by atoms with Gasteiger partial charge in [-0.15, -0.1) is 13.2 Å². The summed E-state index contributed by atoms with van der Waals surface area (Å²) in [7, 11) is 0. The molecule has 2 atom stereocenters. The van der Waals surface area contributed by atoms with E-state index in [-0.39, 0.29) is 23.5 Å². The molecule has 0 radical (unpaired) electrons. The van der Waals surface area contributed by atoms with Gasteiger partial charge in [-0.2, -0.15) is 0 Å². The third-order valence-electron chi connectivity index (χ3n) is 5.61. The number of nitrogens with zero attached hydrogens (tertiary/aromatic N) is 1. The Kier molecular flexibility index (Phi) is 3.70. The van der Waals surface area contributed by atoms with Crippen LogP contribution in [0.2, 0.25) is 0 Å². The third-order valence-corrected chi connectivity index (χ3v) is 5.61. The van der Waals surface area contributed by atoms with Crippen LogP contribution in [0.1, 0.15) is 39.6 Å². The lowest BCUT2D eigenvalue weighted by Crippen LogP contribution is -2.31. The van der Waals surface area contributed by atoms with E-state index in [4.69, 9.17) is 4.74 Å². The molecule has 1 saturated heterocycles. The predicted octanol–water partition coefficient (Wildman–Crippen LogP) is 3.26. The maximum Gasteiger partial charge on any atom is 0.573 e. The molecule has 29 heavy (non-hydrogen) atoms. The van der Waals surface area contributed by atoms with E-state index in [0.717, 1.165) is 16.7 Å². The number of fused-ring (bicyclic) bond motifs is 7. The van der Waals surface area contributed by atoms with E-state index < -0.39 is 17.8 Å². The van der Waals surface area contributed by atoms with Crippen molar-refractivity contribution >= 4 is 17.1 Å². The zero-order valence-corrected chi connectivity index (χ0v) is 14.8. The van der Waals surface area contributed by atoms with Crippen LogP contribution in [0.4, 0.5) is 13.2 Å². The van der Waals surface area contributed by atoms with E-state index in [1.807, 2.05) is 0 Å². The van der Waals surface area contributed by atoms with Gasteiger partial charge in [0.15, 0.2) is 5.43 Å². The van der Waals surface area contributed by atoms with Crippen LogP contribution in [0.5, 0.6) is 5.75 Å². The Hall–Kier alpha value is -3.07. The van der Waals surface area contributed by atoms with E-state index >= 15 is 0 Å². The molecule has 1 aromatic heterocycles. The first-order valence-electron chi connectivity index (χ1n) is 8.96. The van der Waals surface area contributed by atoms with Crippen LogP contribution in [0.3, 0.4) is 0 Å². The molecule has 1 N–H and O–H groups in total. The van der Waals surface area contributed by atoms with Gasteiger partial charge < -0.3 is 19.1 Å². The minimum atomic E-state index is -4.79. The zero-order valence-electron chi connectivity index (χ0n) is 14.8. The van der Waals surface area contributed by atoms with Crippen LogP contribution in [-0.2, 0) is 11.2 Å². The van der Waals surface area contributed by atoms with Crippen LogP contribution in [0.25, 0.3) is 11.1 Å². The van der Waals surface area contributed by atoms with E-state index in [1.54, 1.807) is 10.6 Å². The van der Waals surface area contributed by atoms with Crippen molar-refractivity contribution in [3.8, 4) is 5.75 Å². The molecule has 0 amide bonds. The zero-order chi connectivity index (χ0) is 20.5. The van der Waals surface area contributed by atoms with Gasteiger partial charge in [-0.3, -0.25) is 4.79 Å². The standard InChI is InChI=1S/C20H14F3NO5/c21-20(22,23)29-10-1-2-11-9(5-10)6-12-15-7-16(25)13(19(26)27)8-24(15)14-3-4-28-18(14)17(11)12/h1-2,5,7-8,14,18H,3-4,6H2,(H,26,27)/t14-,18+/m1/s1. The maximum absolute atomic E-state index is 12.6. The summed E-state index contributed by atoms with van der Waals surface area (Å²) in [6, 6.07) is 5.31. The summed E-state index contributed by atoms with van der Waals surface area (Å²) in [5, 5.41) is 9.30. The van der Waals surface area contributed by atoms with Crippen molar-refractivity contribution in [3.63, 3.8) is 0 Å². The number of aromatic carboxylic acids is 1. The van der Waals surface area contributed by atoms with Crippen molar-refractivity contribution < 1.29 is 32.5 Å². The quantitative estimate of drug-likeness (QED) is 0.830. The number of hydrogen-bond acceptors (Lipinski definition) is 4. The molecule has 1 aromatic carbocycles. The van der Waals surface area contributed by atoms with Gasteiger partial charge in [-0.05, 0) is 40.8 Å². The summed E-state index contributed by atoms with van der Waals surface area (Å²) in [5.74, 6) is -1.61. The van der Waals surface area contributed by atoms with Gasteiger partial charge in [0.1, 0.15) is 17.4 Å². The smallest absolute Gasteiger partial charge is 0.477 e. The van der Waals surface area contributed by atoms with Gasteiger partial charge >= 0.3 is 12.3 Å². The summed E-state index contributed by atoms with van der Waals surface area (Å²) >= 11 is 0. The molecule has 1 aliphatic carbocycles. The van der Waals surface area contributed by atoms with Crippen LogP contribution >= 0.6 is 0 Å². The number of aromatic nitrogens is 1. The summed E-state index contributed by atoms with van der Waals surface area (Å²) in [6.45, 7) is 0.463. The molecule has 150 valence electrons. The number of carboxylic acids is 1. The molecule has 9 heteroatoms. The summed E-state index contributed by atoms with van der Waals surface area (Å²) in [5.41, 5.74) is 2.69. The molecule has 5 rings (SSSR count). The minimum absolute atomic E-state index is 0.181. The number of carboxylic acid groups (broad SMARTS) is 1. The average molecular weight is 405 g/mol. The van der Waals surface area contributed by atoms with E-state index in [0.29, 0.717) is 30.7 Å². The third kappa shape index (κ3) is 2.76. The first kappa shape index (κ1) is 18.0. The SMILES string of the molecule is O=C(O)c1cn2c(cc1=O)C1=C(c3ccc(OC(F)(F)F)cc3C1)[C@H]1OCC[C@H]12. The molecule has 2 aromatic rings. The second-order valence-corrected chi connectivity index (χ2v) is 7.23. The van der Waals surface area contributed by atoms with Gasteiger partial charge in [0, 0.05) is 31.0 Å². The Balaban J connectivity index is 1.65. The average Bonchev–Trinajstić information content (AvgIpc) is 3.23. The summed E-state index contributed by atoms with van der Waals surface area (Å²) in [6.07, 6.45) is -2.85. The summed E-state index contributed by atoms with van der Waals surface area (Å²) in [4.78, 5) is 23.7. The van der Waals surface area contributed by atoms with E-state index in [2.05, 4.69) is 4.74 Å². The van der Waals surface area contributed by atoms with Gasteiger partial charge in [0.05, 0.1) is 6.04 Å². The number of pyridine rings is 1. The number of hydrogen-bond donors (Lipinski definition) is 1. The normalized spacial score (nSPS) is 22.0. The molecule has 0 spiro atoms. The lowest BCUT2D eigenvalue weighted by molar-refractivity contribution is -0.274. The highest BCUT2D eigenvalue weighted by molar-refractivity contribution is 6.00. The fourth-order valence-corrected chi connectivity index (χ4v) is 4.54. The molecule has 2 aliphatic heterocycles. The van der Waals surface area contributed by atoms with Gasteiger partial charge in [0.25, 0.3) is 0 Å². The van der Waals surface area contributed by atoms with Crippen LogP contribution in [-0.4, -0.2) is 34.7 Å². The van der Waals surface area contributed by atoms with Crippen LogP contribution in [0.15, 0.2) is 35.3 Å². The Labute approximate surface area is 161 Å². The van der Waals surface area contributed by atoms with Crippen molar-refractivity contribution in [1.29, 1.82) is 0 Å². The molecule has 6 nitrogen and oxygen atoms in total. The lowest BCUT2D eigenvalue weighted by atomic mass is 9.89. The molecular weight excluding hydrogens is 391 g/mol. The molecule has 0 bridgehead atoms.